The molecule has 1 aromatic heterocycles. The summed E-state index contributed by atoms with van der Waals surface area (Å²) in [5, 5.41) is 4.01. The fourth-order valence-electron chi connectivity index (χ4n) is 3.39. The summed E-state index contributed by atoms with van der Waals surface area (Å²) in [6, 6.07) is 4.17. The van der Waals surface area contributed by atoms with Crippen molar-refractivity contribution >= 4 is 5.91 Å². The van der Waals surface area contributed by atoms with Gasteiger partial charge in [0, 0.05) is 24.9 Å². The smallest absolute Gasteiger partial charge is 0.264 e. The van der Waals surface area contributed by atoms with E-state index in [1.807, 2.05) is 6.92 Å². The van der Waals surface area contributed by atoms with Crippen LogP contribution in [0.3, 0.4) is 0 Å². The zero-order valence-corrected chi connectivity index (χ0v) is 13.4. The number of fused-ring (bicyclic) bond motifs is 1. The van der Waals surface area contributed by atoms with Crippen LogP contribution in [0.15, 0.2) is 22.7 Å². The number of aryl methyl sites for hydroxylation is 1. The van der Waals surface area contributed by atoms with Crippen molar-refractivity contribution in [2.24, 2.45) is 0 Å². The van der Waals surface area contributed by atoms with Crippen LogP contribution in [0.1, 0.15) is 43.1 Å². The number of nitrogens with zero attached hydrogens (tertiary/aromatic N) is 3. The van der Waals surface area contributed by atoms with Gasteiger partial charge < -0.3 is 14.2 Å². The molecule has 6 nitrogen and oxygen atoms in total. The molecule has 0 spiro atoms. The monoisotopic (exact) mass is 331 g/mol. The number of carbonyl (C=O) groups is 1. The van der Waals surface area contributed by atoms with E-state index in [1.54, 1.807) is 11.0 Å². The Hall–Kier alpha value is -2.44. The molecule has 3 heterocycles. The number of amides is 1. The first-order chi connectivity index (χ1) is 11.7. The van der Waals surface area contributed by atoms with Gasteiger partial charge in [-0.25, -0.2) is 4.39 Å². The van der Waals surface area contributed by atoms with Crippen molar-refractivity contribution in [3.63, 3.8) is 0 Å². The molecular formula is C17H18FN3O3. The Bertz CT molecular complexity index is 776. The van der Waals surface area contributed by atoms with Crippen LogP contribution in [0.5, 0.6) is 5.75 Å². The number of likely N-dealkylation sites (tertiary alicyclic amines) is 1. The summed E-state index contributed by atoms with van der Waals surface area (Å²) in [6.07, 6.45) is 2.14. The highest BCUT2D eigenvalue weighted by molar-refractivity contribution is 5.83. The molecule has 0 N–H and O–H groups in total. The van der Waals surface area contributed by atoms with Crippen LogP contribution < -0.4 is 4.74 Å². The third kappa shape index (κ3) is 2.53. The van der Waals surface area contributed by atoms with Gasteiger partial charge >= 0.3 is 0 Å². The molecule has 1 amide bonds. The Kier molecular flexibility index (Phi) is 3.70. The van der Waals surface area contributed by atoms with Gasteiger partial charge in [0.2, 0.25) is 5.89 Å². The molecule has 1 fully saturated rings. The summed E-state index contributed by atoms with van der Waals surface area (Å²) in [4.78, 5) is 19.0. The second kappa shape index (κ2) is 5.89. The topological polar surface area (TPSA) is 68.5 Å². The van der Waals surface area contributed by atoms with E-state index in [2.05, 4.69) is 10.1 Å². The first kappa shape index (κ1) is 15.1. The van der Waals surface area contributed by atoms with E-state index in [9.17, 15) is 9.18 Å². The van der Waals surface area contributed by atoms with E-state index >= 15 is 0 Å². The Morgan fingerprint density at radius 1 is 1.46 bits per heavy atom. The SMILES string of the molecule is CCc1nc([C@@H]2CCCN2C(=O)[C@H]2Cc3cc(F)ccc3O2)no1. The lowest BCUT2D eigenvalue weighted by Gasteiger charge is -2.25. The average molecular weight is 331 g/mol. The van der Waals surface area contributed by atoms with Crippen LogP contribution in [-0.4, -0.2) is 33.6 Å². The maximum Gasteiger partial charge on any atom is 0.264 e. The van der Waals surface area contributed by atoms with Gasteiger partial charge in [0.1, 0.15) is 11.6 Å². The van der Waals surface area contributed by atoms with Crippen LogP contribution in [0.2, 0.25) is 0 Å². The fourth-order valence-corrected chi connectivity index (χ4v) is 3.39. The number of aromatic nitrogens is 2. The van der Waals surface area contributed by atoms with Crippen LogP contribution in [-0.2, 0) is 17.6 Å². The molecule has 0 radical (unpaired) electrons. The number of ether oxygens (including phenoxy) is 1. The van der Waals surface area contributed by atoms with Crippen molar-refractivity contribution in [1.82, 2.24) is 15.0 Å². The largest absolute Gasteiger partial charge is 0.480 e. The van der Waals surface area contributed by atoms with E-state index in [0.717, 1.165) is 18.4 Å². The molecule has 0 aliphatic carbocycles. The summed E-state index contributed by atoms with van der Waals surface area (Å²) < 4.78 is 24.2. The van der Waals surface area contributed by atoms with Gasteiger partial charge in [-0.05, 0) is 31.0 Å². The van der Waals surface area contributed by atoms with Gasteiger partial charge in [0.05, 0.1) is 6.04 Å². The minimum Gasteiger partial charge on any atom is -0.480 e. The molecule has 0 bridgehead atoms. The quantitative estimate of drug-likeness (QED) is 0.864. The minimum absolute atomic E-state index is 0.100. The maximum absolute atomic E-state index is 13.3. The third-order valence-corrected chi connectivity index (χ3v) is 4.59. The van der Waals surface area contributed by atoms with E-state index in [-0.39, 0.29) is 17.8 Å². The van der Waals surface area contributed by atoms with Crippen LogP contribution in [0.25, 0.3) is 0 Å². The predicted molar refractivity (Wildman–Crippen MR) is 81.9 cm³/mol. The average Bonchev–Trinajstić information content (AvgIpc) is 3.31. The number of benzene rings is 1. The number of rotatable bonds is 3. The predicted octanol–water partition coefficient (Wildman–Crippen LogP) is 2.44. The molecule has 126 valence electrons. The molecule has 1 saturated heterocycles. The molecule has 0 unspecified atom stereocenters. The van der Waals surface area contributed by atoms with Crippen molar-refractivity contribution in [1.29, 1.82) is 0 Å². The van der Waals surface area contributed by atoms with Crippen LogP contribution >= 0.6 is 0 Å². The minimum atomic E-state index is -0.611. The molecule has 1 aromatic carbocycles. The standard InChI is InChI=1S/C17H18FN3O3/c1-2-15-19-16(20-24-15)12-4-3-7-21(12)17(22)14-9-10-8-11(18)5-6-13(10)23-14/h5-6,8,12,14H,2-4,7,9H2,1H3/t12-,14+/m0/s1. The zero-order chi connectivity index (χ0) is 16.7. The van der Waals surface area contributed by atoms with Crippen molar-refractivity contribution in [3.05, 3.63) is 41.3 Å². The summed E-state index contributed by atoms with van der Waals surface area (Å²) in [5.41, 5.74) is 0.733. The Morgan fingerprint density at radius 3 is 3.12 bits per heavy atom. The number of carbonyl (C=O) groups excluding carboxylic acids is 1. The third-order valence-electron chi connectivity index (χ3n) is 4.59. The van der Waals surface area contributed by atoms with E-state index in [4.69, 9.17) is 9.26 Å². The highest BCUT2D eigenvalue weighted by Crippen LogP contribution is 2.35. The number of halogens is 1. The number of hydrogen-bond donors (Lipinski definition) is 0. The summed E-state index contributed by atoms with van der Waals surface area (Å²) in [5.74, 6) is 1.29. The van der Waals surface area contributed by atoms with E-state index < -0.39 is 6.10 Å². The van der Waals surface area contributed by atoms with Crippen molar-refractivity contribution in [2.75, 3.05) is 6.54 Å². The van der Waals surface area contributed by atoms with Crippen LogP contribution in [0.4, 0.5) is 4.39 Å². The lowest BCUT2D eigenvalue weighted by Crippen LogP contribution is -2.41. The molecule has 2 aromatic rings. The first-order valence-electron chi connectivity index (χ1n) is 8.23. The molecule has 24 heavy (non-hydrogen) atoms. The lowest BCUT2D eigenvalue weighted by atomic mass is 10.1. The fraction of sp³-hybridized carbons (Fsp3) is 0.471. The van der Waals surface area contributed by atoms with Crippen LogP contribution in [0, 0.1) is 5.82 Å². The molecule has 7 heteroatoms. The van der Waals surface area contributed by atoms with Gasteiger partial charge in [-0.1, -0.05) is 12.1 Å². The molecular weight excluding hydrogens is 313 g/mol. The second-order valence-corrected chi connectivity index (χ2v) is 6.15. The first-order valence-corrected chi connectivity index (χ1v) is 8.23. The Labute approximate surface area is 138 Å². The lowest BCUT2D eigenvalue weighted by molar-refractivity contribution is -0.139. The molecule has 2 aliphatic rings. The molecule has 2 atom stereocenters. The normalized spacial score (nSPS) is 22.5. The van der Waals surface area contributed by atoms with Crippen molar-refractivity contribution in [2.45, 2.75) is 44.8 Å². The van der Waals surface area contributed by atoms with Gasteiger partial charge in [-0.15, -0.1) is 0 Å². The molecule has 4 rings (SSSR count). The van der Waals surface area contributed by atoms with Gasteiger partial charge in [-0.2, -0.15) is 4.98 Å². The summed E-state index contributed by atoms with van der Waals surface area (Å²) >= 11 is 0. The molecule has 2 aliphatic heterocycles. The maximum atomic E-state index is 13.3. The van der Waals surface area contributed by atoms with E-state index in [0.29, 0.717) is 36.9 Å². The second-order valence-electron chi connectivity index (χ2n) is 6.15. The van der Waals surface area contributed by atoms with Crippen molar-refractivity contribution < 1.29 is 18.4 Å². The molecule has 0 saturated carbocycles. The highest BCUT2D eigenvalue weighted by atomic mass is 19.1. The zero-order valence-electron chi connectivity index (χ0n) is 13.4. The van der Waals surface area contributed by atoms with Crippen molar-refractivity contribution in [3.8, 4) is 5.75 Å². The summed E-state index contributed by atoms with van der Waals surface area (Å²) in [7, 11) is 0. The summed E-state index contributed by atoms with van der Waals surface area (Å²) in [6.45, 7) is 2.58. The highest BCUT2D eigenvalue weighted by Gasteiger charge is 2.39. The number of hydrogen-bond acceptors (Lipinski definition) is 5. The van der Waals surface area contributed by atoms with E-state index in [1.165, 1.54) is 12.1 Å². The Balaban J connectivity index is 1.52. The van der Waals surface area contributed by atoms with Gasteiger partial charge in [0.25, 0.3) is 5.91 Å². The Morgan fingerprint density at radius 2 is 2.33 bits per heavy atom. The van der Waals surface area contributed by atoms with Gasteiger partial charge in [-0.3, -0.25) is 4.79 Å². The van der Waals surface area contributed by atoms with Gasteiger partial charge in [0.15, 0.2) is 11.9 Å².